The number of rotatable bonds is 6. The molecule has 22 heavy (non-hydrogen) atoms. The van der Waals surface area contributed by atoms with E-state index in [1.165, 1.54) is 0 Å². The first-order valence-corrected chi connectivity index (χ1v) is 8.27. The van der Waals surface area contributed by atoms with Crippen LogP contribution < -0.4 is 0 Å². The Morgan fingerprint density at radius 2 is 1.14 bits per heavy atom. The molecule has 8 atom stereocenters. The average Bonchev–Trinajstić information content (AvgIpc) is 2.44. The summed E-state index contributed by atoms with van der Waals surface area (Å²) >= 11 is 0. The molecule has 8 unspecified atom stereocenters. The van der Waals surface area contributed by atoms with E-state index < -0.39 is 0 Å². The highest BCUT2D eigenvalue weighted by Crippen LogP contribution is 2.30. The number of hydrogen-bond acceptors (Lipinski definition) is 6. The smallest absolute Gasteiger partial charge is 0.160 e. The third-order valence-corrected chi connectivity index (χ3v) is 4.24. The largest absolute Gasteiger partial charge is 0.393 e. The molecule has 0 saturated carbocycles. The Labute approximate surface area is 132 Å². The number of hydrogen-bond donors (Lipinski definition) is 2. The van der Waals surface area contributed by atoms with Gasteiger partial charge in [-0.25, -0.2) is 0 Å². The van der Waals surface area contributed by atoms with Gasteiger partial charge in [0.05, 0.1) is 25.4 Å². The highest BCUT2D eigenvalue weighted by molar-refractivity contribution is 4.82. The van der Waals surface area contributed by atoms with Crippen molar-refractivity contribution in [2.75, 3.05) is 13.2 Å². The molecule has 2 N–H and O–H groups in total. The summed E-state index contributed by atoms with van der Waals surface area (Å²) in [5.41, 5.74) is 0. The summed E-state index contributed by atoms with van der Waals surface area (Å²) < 4.78 is 23.4. The number of ether oxygens (including phenoxy) is 4. The predicted octanol–water partition coefficient (Wildman–Crippen LogP) is 1.28. The first kappa shape index (κ1) is 18.1. The van der Waals surface area contributed by atoms with Crippen LogP contribution in [-0.2, 0) is 18.9 Å². The Balaban J connectivity index is 1.83. The van der Waals surface area contributed by atoms with Gasteiger partial charge in [-0.3, -0.25) is 0 Å². The maximum atomic E-state index is 9.47. The van der Waals surface area contributed by atoms with Crippen molar-refractivity contribution in [2.24, 2.45) is 11.8 Å². The summed E-state index contributed by atoms with van der Waals surface area (Å²) in [6.07, 6.45) is -0.386. The van der Waals surface area contributed by atoms with E-state index in [-0.39, 0.29) is 48.8 Å². The van der Waals surface area contributed by atoms with Crippen molar-refractivity contribution in [3.05, 3.63) is 0 Å². The van der Waals surface area contributed by atoms with Crippen LogP contribution >= 0.6 is 0 Å². The van der Waals surface area contributed by atoms with Crippen molar-refractivity contribution >= 4 is 0 Å². The van der Waals surface area contributed by atoms with Gasteiger partial charge < -0.3 is 29.2 Å². The van der Waals surface area contributed by atoms with Gasteiger partial charge in [-0.2, -0.15) is 0 Å². The Hall–Kier alpha value is -0.240. The number of fused-ring (bicyclic) bond motifs is 1. The first-order chi connectivity index (χ1) is 10.4. The molecule has 0 aliphatic carbocycles. The van der Waals surface area contributed by atoms with Crippen LogP contribution in [0.15, 0.2) is 0 Å². The fourth-order valence-electron chi connectivity index (χ4n) is 3.17. The van der Waals surface area contributed by atoms with Crippen LogP contribution in [0.3, 0.4) is 0 Å². The van der Waals surface area contributed by atoms with Gasteiger partial charge >= 0.3 is 0 Å². The van der Waals surface area contributed by atoms with E-state index >= 15 is 0 Å². The van der Waals surface area contributed by atoms with E-state index in [2.05, 4.69) is 0 Å². The van der Waals surface area contributed by atoms with Crippen molar-refractivity contribution in [3.8, 4) is 0 Å². The second-order valence-electron chi connectivity index (χ2n) is 6.88. The second-order valence-corrected chi connectivity index (χ2v) is 6.88. The zero-order valence-electron chi connectivity index (χ0n) is 14.0. The van der Waals surface area contributed by atoms with Crippen LogP contribution in [-0.4, -0.2) is 60.4 Å². The second kappa shape index (κ2) is 8.04. The average molecular weight is 318 g/mol. The molecule has 2 aliphatic rings. The van der Waals surface area contributed by atoms with Gasteiger partial charge in [-0.15, -0.1) is 0 Å². The molecule has 130 valence electrons. The molecule has 2 rings (SSSR count). The van der Waals surface area contributed by atoms with Crippen molar-refractivity contribution in [2.45, 2.75) is 77.5 Å². The molecule has 0 radical (unpaired) electrons. The van der Waals surface area contributed by atoms with Crippen LogP contribution in [0, 0.1) is 11.8 Å². The number of aliphatic hydroxyl groups is 2. The van der Waals surface area contributed by atoms with Crippen molar-refractivity contribution < 1.29 is 29.2 Å². The molecular weight excluding hydrogens is 288 g/mol. The van der Waals surface area contributed by atoms with E-state index in [0.29, 0.717) is 26.1 Å². The normalized spacial score (nSPS) is 37.9. The molecule has 0 amide bonds. The fourth-order valence-corrected chi connectivity index (χ4v) is 3.17. The maximum absolute atomic E-state index is 9.47. The SMILES string of the molecule is CC(O)CC(C)C1OCC2OC(C(C)CC(C)O)OCC2O1. The summed E-state index contributed by atoms with van der Waals surface area (Å²) in [5.74, 6) is 0.237. The van der Waals surface area contributed by atoms with Crippen LogP contribution in [0.25, 0.3) is 0 Å². The highest BCUT2D eigenvalue weighted by Gasteiger charge is 2.41. The maximum Gasteiger partial charge on any atom is 0.160 e. The summed E-state index contributed by atoms with van der Waals surface area (Å²) in [6.45, 7) is 8.50. The molecule has 6 heteroatoms. The molecule has 0 bridgehead atoms. The molecular formula is C16H30O6. The Kier molecular flexibility index (Phi) is 6.61. The zero-order chi connectivity index (χ0) is 16.3. The predicted molar refractivity (Wildman–Crippen MR) is 80.1 cm³/mol. The highest BCUT2D eigenvalue weighted by atomic mass is 16.8. The third-order valence-electron chi connectivity index (χ3n) is 4.24. The van der Waals surface area contributed by atoms with Gasteiger partial charge in [-0.1, -0.05) is 13.8 Å². The van der Waals surface area contributed by atoms with Crippen molar-refractivity contribution in [1.82, 2.24) is 0 Å². The minimum atomic E-state index is -0.371. The quantitative estimate of drug-likeness (QED) is 0.768. The molecule has 0 spiro atoms. The molecule has 2 fully saturated rings. The standard InChI is InChI=1S/C16H30O6/c1-9(5-11(3)17)15-19-7-14-13(21-15)8-20-16(22-14)10(2)6-12(4)18/h9-18H,5-8H2,1-4H3. The fraction of sp³-hybridized carbons (Fsp3) is 1.00. The summed E-state index contributed by atoms with van der Waals surface area (Å²) in [5, 5.41) is 18.9. The molecule has 0 aromatic carbocycles. The lowest BCUT2D eigenvalue weighted by molar-refractivity contribution is -0.352. The zero-order valence-corrected chi connectivity index (χ0v) is 14.0. The molecule has 2 aliphatic heterocycles. The van der Waals surface area contributed by atoms with Gasteiger partial charge in [0.25, 0.3) is 0 Å². The summed E-state index contributed by atoms with van der Waals surface area (Å²) in [7, 11) is 0. The van der Waals surface area contributed by atoms with Crippen LogP contribution in [0.2, 0.25) is 0 Å². The Morgan fingerprint density at radius 3 is 1.45 bits per heavy atom. The topological polar surface area (TPSA) is 77.4 Å². The van der Waals surface area contributed by atoms with Gasteiger partial charge in [0, 0.05) is 11.8 Å². The van der Waals surface area contributed by atoms with E-state index in [1.807, 2.05) is 13.8 Å². The lowest BCUT2D eigenvalue weighted by atomic mass is 10.0. The van der Waals surface area contributed by atoms with Gasteiger partial charge in [-0.05, 0) is 26.7 Å². The monoisotopic (exact) mass is 318 g/mol. The summed E-state index contributed by atoms with van der Waals surface area (Å²) in [6, 6.07) is 0. The van der Waals surface area contributed by atoms with Crippen molar-refractivity contribution in [3.63, 3.8) is 0 Å². The van der Waals surface area contributed by atoms with Crippen LogP contribution in [0.4, 0.5) is 0 Å². The lowest BCUT2D eigenvalue weighted by Gasteiger charge is -2.44. The Morgan fingerprint density at radius 1 is 0.773 bits per heavy atom. The molecule has 2 saturated heterocycles. The number of aliphatic hydroxyl groups excluding tert-OH is 2. The molecule has 0 aromatic rings. The van der Waals surface area contributed by atoms with Gasteiger partial charge in [0.15, 0.2) is 12.6 Å². The third kappa shape index (κ3) is 4.88. The minimum Gasteiger partial charge on any atom is -0.393 e. The molecule has 6 nitrogen and oxygen atoms in total. The van der Waals surface area contributed by atoms with Gasteiger partial charge in [0.1, 0.15) is 12.2 Å². The Bertz CT molecular complexity index is 303. The molecule has 0 aromatic heterocycles. The van der Waals surface area contributed by atoms with Crippen molar-refractivity contribution in [1.29, 1.82) is 0 Å². The minimum absolute atomic E-state index is 0.118. The van der Waals surface area contributed by atoms with Crippen LogP contribution in [0.1, 0.15) is 40.5 Å². The lowest BCUT2D eigenvalue weighted by Crippen LogP contribution is -2.55. The van der Waals surface area contributed by atoms with E-state index in [0.717, 1.165) is 0 Å². The van der Waals surface area contributed by atoms with E-state index in [9.17, 15) is 10.2 Å². The van der Waals surface area contributed by atoms with E-state index in [1.54, 1.807) is 13.8 Å². The molecule has 2 heterocycles. The van der Waals surface area contributed by atoms with E-state index in [4.69, 9.17) is 18.9 Å². The summed E-state index contributed by atoms with van der Waals surface area (Å²) in [4.78, 5) is 0. The van der Waals surface area contributed by atoms with Crippen LogP contribution in [0.5, 0.6) is 0 Å². The first-order valence-electron chi connectivity index (χ1n) is 8.27. The van der Waals surface area contributed by atoms with Gasteiger partial charge in [0.2, 0.25) is 0 Å².